The topological polar surface area (TPSA) is 70.2 Å². The van der Waals surface area contributed by atoms with Crippen LogP contribution in [0.25, 0.3) is 0 Å². The van der Waals surface area contributed by atoms with Crippen molar-refractivity contribution in [1.29, 1.82) is 0 Å². The van der Waals surface area contributed by atoms with E-state index in [4.69, 9.17) is 4.74 Å². The number of hydrogen-bond donors (Lipinski definition) is 0. The summed E-state index contributed by atoms with van der Waals surface area (Å²) in [5, 5.41) is 0. The van der Waals surface area contributed by atoms with Crippen molar-refractivity contribution < 1.29 is 19.1 Å². The molecule has 168 valence electrons. The van der Waals surface area contributed by atoms with Gasteiger partial charge in [-0.15, -0.1) is 0 Å². The van der Waals surface area contributed by atoms with Crippen LogP contribution in [0.4, 0.5) is 5.69 Å². The van der Waals surface area contributed by atoms with Crippen LogP contribution in [-0.4, -0.2) is 66.7 Å². The molecule has 7 nitrogen and oxygen atoms in total. The monoisotopic (exact) mass is 435 g/mol. The van der Waals surface area contributed by atoms with Crippen molar-refractivity contribution in [1.82, 2.24) is 9.80 Å². The highest BCUT2D eigenvalue weighted by Gasteiger charge is 2.27. The van der Waals surface area contributed by atoms with E-state index in [1.165, 1.54) is 12.5 Å². The first-order chi connectivity index (χ1) is 15.5. The number of carbonyl (C=O) groups is 3. The van der Waals surface area contributed by atoms with Gasteiger partial charge in [0.05, 0.1) is 5.69 Å². The van der Waals surface area contributed by atoms with Crippen molar-refractivity contribution in [2.75, 3.05) is 44.2 Å². The Kier molecular flexibility index (Phi) is 6.85. The van der Waals surface area contributed by atoms with Crippen LogP contribution in [0, 0.1) is 0 Å². The van der Waals surface area contributed by atoms with Gasteiger partial charge in [0, 0.05) is 51.3 Å². The zero-order chi connectivity index (χ0) is 22.5. The molecule has 1 saturated heterocycles. The molecule has 0 aromatic heterocycles. The second-order valence-electron chi connectivity index (χ2n) is 8.32. The van der Waals surface area contributed by atoms with E-state index in [2.05, 4.69) is 17.0 Å². The largest absolute Gasteiger partial charge is 0.482 e. The Morgan fingerprint density at radius 2 is 1.75 bits per heavy atom. The second kappa shape index (κ2) is 9.96. The average Bonchev–Trinajstić information content (AvgIpc) is 2.81. The number of ether oxygens (including phenoxy) is 1. The van der Waals surface area contributed by atoms with Crippen molar-refractivity contribution in [2.45, 2.75) is 26.3 Å². The van der Waals surface area contributed by atoms with Gasteiger partial charge in [-0.2, -0.15) is 0 Å². The molecule has 0 N–H and O–H groups in total. The third-order valence-electron chi connectivity index (χ3n) is 6.05. The molecular formula is C25H29N3O4. The number of hydrogen-bond acceptors (Lipinski definition) is 5. The Labute approximate surface area is 188 Å². The molecule has 0 atom stereocenters. The van der Waals surface area contributed by atoms with Crippen LogP contribution >= 0.6 is 0 Å². The molecule has 0 bridgehead atoms. The van der Waals surface area contributed by atoms with Gasteiger partial charge in [-0.1, -0.05) is 30.3 Å². The van der Waals surface area contributed by atoms with Gasteiger partial charge in [0.1, 0.15) is 5.75 Å². The number of Topliss-reactive ketones (excluding diaryl/α,β-unsaturated/α-hetero) is 1. The molecular weight excluding hydrogens is 406 g/mol. The third-order valence-corrected chi connectivity index (χ3v) is 6.05. The van der Waals surface area contributed by atoms with E-state index in [1.54, 1.807) is 23.1 Å². The number of ketones is 1. The third kappa shape index (κ3) is 5.16. The SMILES string of the molecule is CC(=O)c1ccc2c(c1)N(CCCC(=O)N1CCN(Cc3ccccc3)CC1)C(=O)CO2. The maximum Gasteiger partial charge on any atom is 0.265 e. The van der Waals surface area contributed by atoms with Crippen molar-refractivity contribution in [2.24, 2.45) is 0 Å². The number of nitrogens with zero attached hydrogens (tertiary/aromatic N) is 3. The molecule has 4 rings (SSSR count). The normalized spacial score (nSPS) is 16.5. The quantitative estimate of drug-likeness (QED) is 0.626. The zero-order valence-corrected chi connectivity index (χ0v) is 18.5. The fourth-order valence-corrected chi connectivity index (χ4v) is 4.21. The molecule has 2 aromatic carbocycles. The minimum Gasteiger partial charge on any atom is -0.482 e. The summed E-state index contributed by atoms with van der Waals surface area (Å²) in [6.07, 6.45) is 0.962. The van der Waals surface area contributed by atoms with Crippen molar-refractivity contribution in [3.05, 3.63) is 59.7 Å². The lowest BCUT2D eigenvalue weighted by Gasteiger charge is -2.35. The maximum atomic E-state index is 12.7. The van der Waals surface area contributed by atoms with Crippen LogP contribution in [0.1, 0.15) is 35.7 Å². The second-order valence-corrected chi connectivity index (χ2v) is 8.32. The fourth-order valence-electron chi connectivity index (χ4n) is 4.21. The Bertz CT molecular complexity index is 984. The summed E-state index contributed by atoms with van der Waals surface area (Å²) in [6, 6.07) is 15.5. The van der Waals surface area contributed by atoms with Crippen molar-refractivity contribution in [3.8, 4) is 5.75 Å². The van der Waals surface area contributed by atoms with Crippen LogP contribution in [0.15, 0.2) is 48.5 Å². The number of amides is 2. The number of piperazine rings is 1. The number of anilines is 1. The van der Waals surface area contributed by atoms with Crippen LogP contribution in [0.2, 0.25) is 0 Å². The number of fused-ring (bicyclic) bond motifs is 1. The fraction of sp³-hybridized carbons (Fsp3) is 0.400. The molecule has 0 saturated carbocycles. The number of rotatable bonds is 7. The molecule has 1 fully saturated rings. The highest BCUT2D eigenvalue weighted by molar-refractivity contribution is 6.01. The van der Waals surface area contributed by atoms with E-state index in [0.29, 0.717) is 36.4 Å². The maximum absolute atomic E-state index is 12.7. The number of benzene rings is 2. The molecule has 0 radical (unpaired) electrons. The minimum atomic E-state index is -0.153. The van der Waals surface area contributed by atoms with Crippen LogP contribution < -0.4 is 9.64 Å². The lowest BCUT2D eigenvalue weighted by Crippen LogP contribution is -2.48. The summed E-state index contributed by atoms with van der Waals surface area (Å²) < 4.78 is 5.49. The Morgan fingerprint density at radius 1 is 1.00 bits per heavy atom. The zero-order valence-electron chi connectivity index (χ0n) is 18.5. The standard InChI is InChI=1S/C25H29N3O4/c1-19(29)21-9-10-23-22(16-21)28(25(31)18-32-23)11-5-8-24(30)27-14-12-26(13-15-27)17-20-6-3-2-4-7-20/h2-4,6-7,9-10,16H,5,8,11-15,17-18H2,1H3. The van der Waals surface area contributed by atoms with Gasteiger partial charge >= 0.3 is 0 Å². The predicted molar refractivity (Wildman–Crippen MR) is 122 cm³/mol. The Balaban J connectivity index is 1.27. The van der Waals surface area contributed by atoms with Crippen molar-refractivity contribution >= 4 is 23.3 Å². The van der Waals surface area contributed by atoms with Gasteiger partial charge in [-0.05, 0) is 37.1 Å². The Hall–Kier alpha value is -3.19. The molecule has 32 heavy (non-hydrogen) atoms. The molecule has 2 aliphatic heterocycles. The molecule has 7 heteroatoms. The average molecular weight is 436 g/mol. The lowest BCUT2D eigenvalue weighted by atomic mass is 10.1. The van der Waals surface area contributed by atoms with Gasteiger partial charge in [-0.25, -0.2) is 0 Å². The minimum absolute atomic E-state index is 0.0241. The van der Waals surface area contributed by atoms with Gasteiger partial charge in [0.15, 0.2) is 12.4 Å². The van der Waals surface area contributed by atoms with E-state index in [9.17, 15) is 14.4 Å². The first kappa shape index (κ1) is 22.0. The van der Waals surface area contributed by atoms with Gasteiger partial charge < -0.3 is 14.5 Å². The number of carbonyl (C=O) groups excluding carboxylic acids is 3. The lowest BCUT2D eigenvalue weighted by molar-refractivity contribution is -0.133. The molecule has 0 unspecified atom stereocenters. The van der Waals surface area contributed by atoms with E-state index < -0.39 is 0 Å². The van der Waals surface area contributed by atoms with Crippen LogP contribution in [-0.2, 0) is 16.1 Å². The first-order valence-electron chi connectivity index (χ1n) is 11.1. The first-order valence-corrected chi connectivity index (χ1v) is 11.1. The molecule has 0 aliphatic carbocycles. The molecule has 2 amide bonds. The van der Waals surface area contributed by atoms with E-state index >= 15 is 0 Å². The van der Waals surface area contributed by atoms with E-state index in [0.717, 1.165) is 32.7 Å². The Morgan fingerprint density at radius 3 is 2.47 bits per heavy atom. The molecule has 2 aromatic rings. The smallest absolute Gasteiger partial charge is 0.265 e. The van der Waals surface area contributed by atoms with Crippen LogP contribution in [0.3, 0.4) is 0 Å². The van der Waals surface area contributed by atoms with Gasteiger partial charge in [0.25, 0.3) is 5.91 Å². The summed E-state index contributed by atoms with van der Waals surface area (Å²) in [5.74, 6) is 0.505. The summed E-state index contributed by atoms with van der Waals surface area (Å²) in [7, 11) is 0. The molecule has 2 heterocycles. The highest BCUT2D eigenvalue weighted by Crippen LogP contribution is 2.33. The van der Waals surface area contributed by atoms with E-state index in [-0.39, 0.29) is 24.2 Å². The van der Waals surface area contributed by atoms with Crippen LogP contribution in [0.5, 0.6) is 5.75 Å². The van der Waals surface area contributed by atoms with Gasteiger partial charge in [0.2, 0.25) is 5.91 Å². The summed E-state index contributed by atoms with van der Waals surface area (Å²) in [6.45, 7) is 5.99. The van der Waals surface area contributed by atoms with Crippen molar-refractivity contribution in [3.63, 3.8) is 0 Å². The molecule has 0 spiro atoms. The van der Waals surface area contributed by atoms with Gasteiger partial charge in [-0.3, -0.25) is 19.3 Å². The summed E-state index contributed by atoms with van der Waals surface area (Å²) in [5.41, 5.74) is 2.43. The highest BCUT2D eigenvalue weighted by atomic mass is 16.5. The predicted octanol–water partition coefficient (Wildman–Crippen LogP) is 2.74. The van der Waals surface area contributed by atoms with E-state index in [1.807, 2.05) is 23.1 Å². The molecule has 2 aliphatic rings. The summed E-state index contributed by atoms with van der Waals surface area (Å²) in [4.78, 5) is 42.8. The summed E-state index contributed by atoms with van der Waals surface area (Å²) >= 11 is 0.